The Bertz CT molecular complexity index is 410. The van der Waals surface area contributed by atoms with Gasteiger partial charge in [0.25, 0.3) is 0 Å². The van der Waals surface area contributed by atoms with Gasteiger partial charge < -0.3 is 5.32 Å². The van der Waals surface area contributed by atoms with Crippen molar-refractivity contribution in [1.29, 1.82) is 0 Å². The van der Waals surface area contributed by atoms with Crippen LogP contribution in [0.3, 0.4) is 0 Å². The summed E-state index contributed by atoms with van der Waals surface area (Å²) in [7, 11) is 0. The second-order valence-corrected chi connectivity index (χ2v) is 4.90. The maximum Gasteiger partial charge on any atom is 0.126 e. The lowest BCUT2D eigenvalue weighted by Gasteiger charge is -2.23. The van der Waals surface area contributed by atoms with E-state index in [-0.39, 0.29) is 0 Å². The summed E-state index contributed by atoms with van der Waals surface area (Å²) >= 11 is 0. The first-order valence-electron chi connectivity index (χ1n) is 6.47. The molecule has 18 heavy (non-hydrogen) atoms. The molecular weight excluding hydrogens is 220 g/mol. The molecule has 0 aliphatic rings. The predicted molar refractivity (Wildman–Crippen MR) is 76.6 cm³/mol. The number of pyridine rings is 1. The molecule has 0 radical (unpaired) electrons. The molecule has 1 aromatic carbocycles. The van der Waals surface area contributed by atoms with E-state index in [9.17, 15) is 0 Å². The molecule has 1 atom stereocenters. The number of hydrogen-bond donors (Lipinski definition) is 1. The van der Waals surface area contributed by atoms with Crippen LogP contribution in [0.5, 0.6) is 0 Å². The maximum absolute atomic E-state index is 4.33. The third-order valence-corrected chi connectivity index (χ3v) is 3.10. The van der Waals surface area contributed by atoms with E-state index in [1.54, 1.807) is 0 Å². The Morgan fingerprint density at radius 1 is 1.00 bits per heavy atom. The molecule has 1 heterocycles. The van der Waals surface area contributed by atoms with E-state index in [1.165, 1.54) is 5.56 Å². The van der Waals surface area contributed by atoms with Crippen molar-refractivity contribution in [3.63, 3.8) is 0 Å². The van der Waals surface area contributed by atoms with Gasteiger partial charge in [-0.1, -0.05) is 50.2 Å². The molecule has 1 aromatic heterocycles. The Morgan fingerprint density at radius 3 is 2.33 bits per heavy atom. The number of hydrogen-bond acceptors (Lipinski definition) is 2. The minimum absolute atomic E-state index is 0.405. The fourth-order valence-electron chi connectivity index (χ4n) is 1.96. The molecule has 0 aliphatic carbocycles. The van der Waals surface area contributed by atoms with Crippen LogP contribution in [-0.2, 0) is 6.42 Å². The fourth-order valence-corrected chi connectivity index (χ4v) is 1.96. The summed E-state index contributed by atoms with van der Waals surface area (Å²) in [5.41, 5.74) is 1.36. The van der Waals surface area contributed by atoms with Crippen LogP contribution in [-0.4, -0.2) is 11.0 Å². The highest BCUT2D eigenvalue weighted by Gasteiger charge is 2.14. The monoisotopic (exact) mass is 240 g/mol. The fraction of sp³-hybridized carbons (Fsp3) is 0.312. The van der Waals surface area contributed by atoms with Gasteiger partial charge in [0.15, 0.2) is 0 Å². The summed E-state index contributed by atoms with van der Waals surface area (Å²) in [6, 6.07) is 17.0. The summed E-state index contributed by atoms with van der Waals surface area (Å²) in [5.74, 6) is 1.51. The van der Waals surface area contributed by atoms with E-state index < -0.39 is 0 Å². The van der Waals surface area contributed by atoms with E-state index in [1.807, 2.05) is 24.4 Å². The minimum atomic E-state index is 0.405. The van der Waals surface area contributed by atoms with Gasteiger partial charge in [-0.05, 0) is 30.0 Å². The van der Waals surface area contributed by atoms with Crippen LogP contribution in [0.2, 0.25) is 0 Å². The molecule has 2 aromatic rings. The van der Waals surface area contributed by atoms with Crippen LogP contribution in [0, 0.1) is 5.92 Å². The minimum Gasteiger partial charge on any atom is -0.367 e. The van der Waals surface area contributed by atoms with Crippen LogP contribution >= 0.6 is 0 Å². The number of rotatable bonds is 5. The van der Waals surface area contributed by atoms with E-state index in [0.29, 0.717) is 12.0 Å². The van der Waals surface area contributed by atoms with Gasteiger partial charge in [-0.15, -0.1) is 0 Å². The third-order valence-electron chi connectivity index (χ3n) is 3.10. The molecule has 2 rings (SSSR count). The lowest BCUT2D eigenvalue weighted by Crippen LogP contribution is -2.28. The van der Waals surface area contributed by atoms with Crippen LogP contribution in [0.4, 0.5) is 5.82 Å². The molecule has 1 unspecified atom stereocenters. The number of nitrogens with one attached hydrogen (secondary N) is 1. The van der Waals surface area contributed by atoms with Crippen molar-refractivity contribution >= 4 is 5.82 Å². The highest BCUT2D eigenvalue weighted by molar-refractivity contribution is 5.35. The second kappa shape index (κ2) is 6.20. The van der Waals surface area contributed by atoms with Gasteiger partial charge in [0, 0.05) is 12.2 Å². The van der Waals surface area contributed by atoms with Gasteiger partial charge in [0.2, 0.25) is 0 Å². The first-order valence-corrected chi connectivity index (χ1v) is 6.47. The maximum atomic E-state index is 4.33. The highest BCUT2D eigenvalue weighted by atomic mass is 15.0. The summed E-state index contributed by atoms with van der Waals surface area (Å²) in [6.07, 6.45) is 2.84. The molecule has 0 spiro atoms. The van der Waals surface area contributed by atoms with E-state index in [4.69, 9.17) is 0 Å². The van der Waals surface area contributed by atoms with Crippen molar-refractivity contribution < 1.29 is 0 Å². The Morgan fingerprint density at radius 2 is 1.72 bits per heavy atom. The third kappa shape index (κ3) is 3.59. The number of nitrogens with zero attached hydrogens (tertiary/aromatic N) is 1. The molecular formula is C16H20N2. The Balaban J connectivity index is 2.05. The van der Waals surface area contributed by atoms with Gasteiger partial charge >= 0.3 is 0 Å². The van der Waals surface area contributed by atoms with E-state index in [2.05, 4.69) is 54.5 Å². The molecule has 0 saturated carbocycles. The molecule has 2 nitrogen and oxygen atoms in total. The Hall–Kier alpha value is -1.83. The molecule has 2 heteroatoms. The normalized spacial score (nSPS) is 12.4. The number of benzene rings is 1. The zero-order valence-corrected chi connectivity index (χ0v) is 11.0. The number of aromatic nitrogens is 1. The van der Waals surface area contributed by atoms with Crippen LogP contribution < -0.4 is 5.32 Å². The van der Waals surface area contributed by atoms with Gasteiger partial charge in [-0.2, -0.15) is 0 Å². The lowest BCUT2D eigenvalue weighted by molar-refractivity contribution is 0.520. The molecule has 0 aliphatic heterocycles. The van der Waals surface area contributed by atoms with E-state index >= 15 is 0 Å². The average Bonchev–Trinajstić information content (AvgIpc) is 2.40. The highest BCUT2D eigenvalue weighted by Crippen LogP contribution is 2.14. The molecule has 0 saturated heterocycles. The summed E-state index contributed by atoms with van der Waals surface area (Å²) in [4.78, 5) is 4.33. The predicted octanol–water partition coefficient (Wildman–Crippen LogP) is 3.76. The summed E-state index contributed by atoms with van der Waals surface area (Å²) in [5, 5.41) is 3.52. The zero-order valence-electron chi connectivity index (χ0n) is 11.0. The largest absolute Gasteiger partial charge is 0.367 e. The van der Waals surface area contributed by atoms with Gasteiger partial charge in [0.1, 0.15) is 5.82 Å². The zero-order chi connectivity index (χ0) is 12.8. The van der Waals surface area contributed by atoms with Crippen molar-refractivity contribution in [2.75, 3.05) is 5.32 Å². The second-order valence-electron chi connectivity index (χ2n) is 4.90. The topological polar surface area (TPSA) is 24.9 Å². The standard InChI is InChI=1S/C16H20N2/c1-13(2)15(12-14-8-4-3-5-9-14)18-16-10-6-7-11-17-16/h3-11,13,15H,12H2,1-2H3,(H,17,18). The Kier molecular flexibility index (Phi) is 4.35. The summed E-state index contributed by atoms with van der Waals surface area (Å²) < 4.78 is 0. The molecule has 0 amide bonds. The quantitative estimate of drug-likeness (QED) is 0.860. The molecule has 0 fully saturated rings. The lowest BCUT2D eigenvalue weighted by atomic mass is 9.96. The number of anilines is 1. The van der Waals surface area contributed by atoms with Crippen LogP contribution in [0.1, 0.15) is 19.4 Å². The van der Waals surface area contributed by atoms with Crippen LogP contribution in [0.15, 0.2) is 54.7 Å². The van der Waals surface area contributed by atoms with Crippen molar-refractivity contribution in [3.8, 4) is 0 Å². The molecule has 0 bridgehead atoms. The summed E-state index contributed by atoms with van der Waals surface area (Å²) in [6.45, 7) is 4.48. The average molecular weight is 240 g/mol. The van der Waals surface area contributed by atoms with Crippen molar-refractivity contribution in [3.05, 3.63) is 60.3 Å². The van der Waals surface area contributed by atoms with Crippen molar-refractivity contribution in [1.82, 2.24) is 4.98 Å². The molecule has 94 valence electrons. The van der Waals surface area contributed by atoms with Crippen molar-refractivity contribution in [2.45, 2.75) is 26.3 Å². The van der Waals surface area contributed by atoms with Gasteiger partial charge in [-0.25, -0.2) is 4.98 Å². The van der Waals surface area contributed by atoms with Gasteiger partial charge in [-0.3, -0.25) is 0 Å². The first kappa shape index (κ1) is 12.6. The van der Waals surface area contributed by atoms with Crippen LogP contribution in [0.25, 0.3) is 0 Å². The molecule has 1 N–H and O–H groups in total. The Labute approximate surface area is 109 Å². The van der Waals surface area contributed by atoms with Crippen molar-refractivity contribution in [2.24, 2.45) is 5.92 Å². The van der Waals surface area contributed by atoms with E-state index in [0.717, 1.165) is 12.2 Å². The SMILES string of the molecule is CC(C)C(Cc1ccccc1)Nc1ccccn1. The van der Waals surface area contributed by atoms with Gasteiger partial charge in [0.05, 0.1) is 0 Å². The first-order chi connectivity index (χ1) is 8.75. The smallest absolute Gasteiger partial charge is 0.126 e.